The number of nitrogens with zero attached hydrogens (tertiary/aromatic N) is 3. The summed E-state index contributed by atoms with van der Waals surface area (Å²) in [6.07, 6.45) is 2.73. The second kappa shape index (κ2) is 4.20. The summed E-state index contributed by atoms with van der Waals surface area (Å²) in [7, 11) is -0.648. The molecule has 1 aromatic rings. The molecular weight excluding hydrogens is 272 g/mol. The van der Waals surface area contributed by atoms with E-state index in [0.29, 0.717) is 4.60 Å². The van der Waals surface area contributed by atoms with Crippen LogP contribution in [0.5, 0.6) is 0 Å². The van der Waals surface area contributed by atoms with Crippen molar-refractivity contribution in [3.05, 3.63) is 17.0 Å². The van der Waals surface area contributed by atoms with Gasteiger partial charge in [0.15, 0.2) is 5.82 Å². The molecule has 0 spiro atoms. The van der Waals surface area contributed by atoms with Gasteiger partial charge in [0.05, 0.1) is 12.4 Å². The third-order valence-corrected chi connectivity index (χ3v) is 3.17. The van der Waals surface area contributed by atoms with Gasteiger partial charge in [0.25, 0.3) is 0 Å². The summed E-state index contributed by atoms with van der Waals surface area (Å²) in [5.41, 5.74) is 0. The van der Waals surface area contributed by atoms with Crippen LogP contribution in [0.4, 0.5) is 5.82 Å². The van der Waals surface area contributed by atoms with Gasteiger partial charge in [-0.3, -0.25) is 4.72 Å². The Hall–Kier alpha value is -0.730. The van der Waals surface area contributed by atoms with Crippen LogP contribution in [-0.4, -0.2) is 36.8 Å². The average molecular weight is 281 g/mol. The molecule has 0 fully saturated rings. The third-order valence-electron chi connectivity index (χ3n) is 1.33. The zero-order valence-electron chi connectivity index (χ0n) is 7.60. The maximum atomic E-state index is 11.3. The number of anilines is 1. The molecule has 1 N–H and O–H groups in total. The summed E-state index contributed by atoms with van der Waals surface area (Å²) in [5, 5.41) is 0. The largest absolute Gasteiger partial charge is 0.302 e. The fourth-order valence-electron chi connectivity index (χ4n) is 0.588. The lowest BCUT2D eigenvalue weighted by Crippen LogP contribution is -2.29. The molecule has 1 rings (SSSR count). The first-order valence-electron chi connectivity index (χ1n) is 3.59. The predicted molar refractivity (Wildman–Crippen MR) is 56.0 cm³/mol. The topological polar surface area (TPSA) is 75.2 Å². The van der Waals surface area contributed by atoms with Crippen molar-refractivity contribution >= 4 is 32.0 Å². The highest BCUT2D eigenvalue weighted by atomic mass is 79.9. The van der Waals surface area contributed by atoms with Crippen LogP contribution in [0, 0.1) is 0 Å². The zero-order chi connectivity index (χ0) is 10.8. The number of aromatic nitrogens is 2. The molecule has 6 nitrogen and oxygen atoms in total. The predicted octanol–water partition coefficient (Wildman–Crippen LogP) is 0.457. The normalized spacial score (nSPS) is 11.7. The molecule has 0 saturated carbocycles. The molecule has 0 aliphatic rings. The lowest BCUT2D eigenvalue weighted by Gasteiger charge is -2.11. The van der Waals surface area contributed by atoms with E-state index in [0.717, 1.165) is 4.31 Å². The van der Waals surface area contributed by atoms with E-state index in [9.17, 15) is 8.42 Å². The Labute approximate surface area is 90.7 Å². The summed E-state index contributed by atoms with van der Waals surface area (Å²) in [6.45, 7) is 0. The Bertz CT molecular complexity index is 402. The van der Waals surface area contributed by atoms with E-state index in [-0.39, 0.29) is 5.82 Å². The Morgan fingerprint density at radius 1 is 1.36 bits per heavy atom. The van der Waals surface area contributed by atoms with Crippen molar-refractivity contribution in [2.45, 2.75) is 0 Å². The molecule has 14 heavy (non-hydrogen) atoms. The molecule has 0 aliphatic carbocycles. The monoisotopic (exact) mass is 280 g/mol. The molecule has 0 amide bonds. The fourth-order valence-corrected chi connectivity index (χ4v) is 1.35. The Balaban J connectivity index is 2.85. The number of hydrogen-bond acceptors (Lipinski definition) is 4. The zero-order valence-corrected chi connectivity index (χ0v) is 10.0. The maximum absolute atomic E-state index is 11.3. The van der Waals surface area contributed by atoms with Gasteiger partial charge < -0.3 is 0 Å². The van der Waals surface area contributed by atoms with Crippen LogP contribution in [0.15, 0.2) is 17.0 Å². The van der Waals surface area contributed by atoms with E-state index in [1.165, 1.54) is 26.5 Å². The lowest BCUT2D eigenvalue weighted by atomic mass is 10.7. The molecule has 1 aromatic heterocycles. The molecule has 8 heteroatoms. The van der Waals surface area contributed by atoms with Gasteiger partial charge in [-0.05, 0) is 15.9 Å². The van der Waals surface area contributed by atoms with Crippen LogP contribution >= 0.6 is 15.9 Å². The second-order valence-electron chi connectivity index (χ2n) is 2.61. The molecule has 0 atom stereocenters. The number of rotatable bonds is 3. The summed E-state index contributed by atoms with van der Waals surface area (Å²) < 4.78 is 26.5. The lowest BCUT2D eigenvalue weighted by molar-refractivity contribution is 0.526. The van der Waals surface area contributed by atoms with Gasteiger partial charge in [-0.25, -0.2) is 9.97 Å². The van der Waals surface area contributed by atoms with E-state index in [1.807, 2.05) is 0 Å². The van der Waals surface area contributed by atoms with Crippen LogP contribution in [0.1, 0.15) is 0 Å². The Morgan fingerprint density at radius 3 is 2.43 bits per heavy atom. The maximum Gasteiger partial charge on any atom is 0.302 e. The van der Waals surface area contributed by atoms with Crippen molar-refractivity contribution in [2.24, 2.45) is 0 Å². The molecule has 0 bridgehead atoms. The van der Waals surface area contributed by atoms with Crippen molar-refractivity contribution in [1.82, 2.24) is 14.3 Å². The molecule has 0 saturated heterocycles. The van der Waals surface area contributed by atoms with Crippen molar-refractivity contribution < 1.29 is 8.42 Å². The Kier molecular flexibility index (Phi) is 3.40. The van der Waals surface area contributed by atoms with E-state index >= 15 is 0 Å². The number of halogens is 1. The van der Waals surface area contributed by atoms with Crippen LogP contribution in [0.2, 0.25) is 0 Å². The van der Waals surface area contributed by atoms with E-state index in [2.05, 4.69) is 30.6 Å². The van der Waals surface area contributed by atoms with Crippen LogP contribution < -0.4 is 4.72 Å². The standard InChI is InChI=1S/C6H9BrN4O2S/c1-11(2)14(12,13)10-6-4-8-5(7)3-9-6/h3-4H,1-2H3,(H,9,10). The first-order chi connectivity index (χ1) is 6.42. The molecule has 0 aliphatic heterocycles. The highest BCUT2D eigenvalue weighted by molar-refractivity contribution is 9.10. The third kappa shape index (κ3) is 2.89. The fraction of sp³-hybridized carbons (Fsp3) is 0.333. The summed E-state index contributed by atoms with van der Waals surface area (Å²) in [5.74, 6) is 0.182. The van der Waals surface area contributed by atoms with Gasteiger partial charge in [0.2, 0.25) is 0 Å². The van der Waals surface area contributed by atoms with Gasteiger partial charge in [0, 0.05) is 14.1 Å². The molecular formula is C6H9BrN4O2S. The summed E-state index contributed by atoms with van der Waals surface area (Å²) in [4.78, 5) is 7.65. The van der Waals surface area contributed by atoms with E-state index in [1.54, 1.807) is 0 Å². The van der Waals surface area contributed by atoms with Gasteiger partial charge in [-0.2, -0.15) is 12.7 Å². The van der Waals surface area contributed by atoms with Crippen LogP contribution in [0.3, 0.4) is 0 Å². The first-order valence-corrected chi connectivity index (χ1v) is 5.83. The SMILES string of the molecule is CN(C)S(=O)(=O)Nc1cnc(Br)cn1. The van der Waals surface area contributed by atoms with Crippen LogP contribution in [0.25, 0.3) is 0 Å². The number of nitrogens with one attached hydrogen (secondary N) is 1. The van der Waals surface area contributed by atoms with Gasteiger partial charge in [-0.15, -0.1) is 0 Å². The molecule has 0 radical (unpaired) electrons. The van der Waals surface area contributed by atoms with Crippen molar-refractivity contribution in [3.8, 4) is 0 Å². The average Bonchev–Trinajstić information content (AvgIpc) is 2.08. The smallest absolute Gasteiger partial charge is 0.253 e. The highest BCUT2D eigenvalue weighted by Gasteiger charge is 2.13. The van der Waals surface area contributed by atoms with E-state index in [4.69, 9.17) is 0 Å². The molecule has 0 unspecified atom stereocenters. The quantitative estimate of drug-likeness (QED) is 0.873. The van der Waals surface area contributed by atoms with E-state index < -0.39 is 10.2 Å². The summed E-state index contributed by atoms with van der Waals surface area (Å²) in [6, 6.07) is 0. The van der Waals surface area contributed by atoms with Crippen molar-refractivity contribution in [3.63, 3.8) is 0 Å². The van der Waals surface area contributed by atoms with Crippen LogP contribution in [-0.2, 0) is 10.2 Å². The molecule has 0 aromatic carbocycles. The van der Waals surface area contributed by atoms with Crippen molar-refractivity contribution in [1.29, 1.82) is 0 Å². The van der Waals surface area contributed by atoms with Gasteiger partial charge in [-0.1, -0.05) is 0 Å². The minimum absolute atomic E-state index is 0.182. The molecule has 1 heterocycles. The van der Waals surface area contributed by atoms with Gasteiger partial charge in [0.1, 0.15) is 4.60 Å². The highest BCUT2D eigenvalue weighted by Crippen LogP contribution is 2.08. The number of hydrogen-bond donors (Lipinski definition) is 1. The molecule has 78 valence electrons. The summed E-state index contributed by atoms with van der Waals surface area (Å²) >= 11 is 3.09. The second-order valence-corrected chi connectivity index (χ2v) is 5.31. The Morgan fingerprint density at radius 2 is 2.00 bits per heavy atom. The minimum Gasteiger partial charge on any atom is -0.253 e. The minimum atomic E-state index is -3.50. The van der Waals surface area contributed by atoms with Gasteiger partial charge >= 0.3 is 10.2 Å². The van der Waals surface area contributed by atoms with Crippen molar-refractivity contribution in [2.75, 3.05) is 18.8 Å². The first kappa shape index (κ1) is 11.3.